The smallest absolute Gasteiger partial charge is 0.384 e. The van der Waals surface area contributed by atoms with E-state index in [0.29, 0.717) is 0 Å². The van der Waals surface area contributed by atoms with Crippen LogP contribution >= 0.6 is 0 Å². The van der Waals surface area contributed by atoms with Crippen molar-refractivity contribution in [2.75, 3.05) is 14.2 Å². The lowest BCUT2D eigenvalue weighted by Gasteiger charge is -1.88. The lowest BCUT2D eigenvalue weighted by Crippen LogP contribution is -1.93. The maximum Gasteiger partial charge on any atom is 0.384 e. The fourth-order valence-corrected chi connectivity index (χ4v) is 1.06. The fourth-order valence-electron chi connectivity index (χ4n) is 1.06. The Morgan fingerprint density at radius 3 is 2.25 bits per heavy atom. The first-order valence-corrected chi connectivity index (χ1v) is 6.93. The molecular formula is C16H26O4. The van der Waals surface area contributed by atoms with E-state index in [1.807, 2.05) is 6.08 Å². The van der Waals surface area contributed by atoms with E-state index >= 15 is 0 Å². The Balaban J connectivity index is 0. The SMILES string of the molecule is CCCC=CC(=O)OC.CCCCCC#CC(=O)OC. The van der Waals surface area contributed by atoms with Gasteiger partial charge in [0.15, 0.2) is 0 Å². The zero-order chi connectivity index (χ0) is 15.6. The summed E-state index contributed by atoms with van der Waals surface area (Å²) in [5, 5.41) is 0. The number of methoxy groups -OCH3 is 2. The van der Waals surface area contributed by atoms with Gasteiger partial charge < -0.3 is 9.47 Å². The Bertz CT molecular complexity index is 334. The van der Waals surface area contributed by atoms with Crippen molar-refractivity contribution in [1.29, 1.82) is 0 Å². The van der Waals surface area contributed by atoms with Crippen molar-refractivity contribution < 1.29 is 19.1 Å². The highest BCUT2D eigenvalue weighted by Gasteiger charge is 1.88. The number of hydrogen-bond donors (Lipinski definition) is 0. The molecule has 0 atom stereocenters. The first kappa shape index (κ1) is 20.6. The molecule has 0 amide bonds. The summed E-state index contributed by atoms with van der Waals surface area (Å²) in [4.78, 5) is 20.8. The minimum absolute atomic E-state index is 0.275. The van der Waals surface area contributed by atoms with Crippen LogP contribution < -0.4 is 0 Å². The molecule has 0 saturated heterocycles. The molecule has 4 nitrogen and oxygen atoms in total. The second kappa shape index (κ2) is 17.2. The predicted molar refractivity (Wildman–Crippen MR) is 80.0 cm³/mol. The minimum Gasteiger partial charge on any atom is -0.466 e. The first-order chi connectivity index (χ1) is 9.62. The van der Waals surface area contributed by atoms with Gasteiger partial charge in [-0.05, 0) is 12.8 Å². The molecule has 0 radical (unpaired) electrons. The summed E-state index contributed by atoms with van der Waals surface area (Å²) in [6, 6.07) is 0. The van der Waals surface area contributed by atoms with Crippen LogP contribution in [0.15, 0.2) is 12.2 Å². The van der Waals surface area contributed by atoms with Crippen molar-refractivity contribution in [3.8, 4) is 11.8 Å². The van der Waals surface area contributed by atoms with Crippen molar-refractivity contribution >= 4 is 11.9 Å². The molecule has 0 N–H and O–H groups in total. The lowest BCUT2D eigenvalue weighted by atomic mass is 10.2. The number of rotatable bonds is 6. The van der Waals surface area contributed by atoms with Crippen LogP contribution in [0.1, 0.15) is 52.4 Å². The summed E-state index contributed by atoms with van der Waals surface area (Å²) in [6.07, 6.45) is 9.48. The summed E-state index contributed by atoms with van der Waals surface area (Å²) < 4.78 is 8.72. The Morgan fingerprint density at radius 2 is 1.75 bits per heavy atom. The number of unbranched alkanes of at least 4 members (excludes halogenated alkanes) is 4. The van der Waals surface area contributed by atoms with Gasteiger partial charge in [0.05, 0.1) is 14.2 Å². The van der Waals surface area contributed by atoms with Crippen LogP contribution in [-0.4, -0.2) is 26.2 Å². The molecule has 0 aliphatic carbocycles. The normalized spacial score (nSPS) is 9.00. The number of carbonyl (C=O) groups is 2. The van der Waals surface area contributed by atoms with Gasteiger partial charge in [0.25, 0.3) is 0 Å². The first-order valence-electron chi connectivity index (χ1n) is 6.93. The van der Waals surface area contributed by atoms with Crippen molar-refractivity contribution in [2.45, 2.75) is 52.4 Å². The van der Waals surface area contributed by atoms with Gasteiger partial charge in [0.1, 0.15) is 0 Å². The Hall–Kier alpha value is -1.76. The maximum atomic E-state index is 10.4. The van der Waals surface area contributed by atoms with Crippen molar-refractivity contribution in [3.05, 3.63) is 12.2 Å². The summed E-state index contributed by atoms with van der Waals surface area (Å²) in [5.41, 5.74) is 0. The van der Waals surface area contributed by atoms with E-state index in [0.717, 1.165) is 25.7 Å². The second-order valence-electron chi connectivity index (χ2n) is 3.96. The molecule has 4 heteroatoms. The zero-order valence-electron chi connectivity index (χ0n) is 13.0. The van der Waals surface area contributed by atoms with Crippen LogP contribution in [0.25, 0.3) is 0 Å². The van der Waals surface area contributed by atoms with Gasteiger partial charge in [-0.15, -0.1) is 0 Å². The van der Waals surface area contributed by atoms with E-state index in [-0.39, 0.29) is 5.97 Å². The topological polar surface area (TPSA) is 52.6 Å². The van der Waals surface area contributed by atoms with E-state index < -0.39 is 5.97 Å². The van der Waals surface area contributed by atoms with Crippen molar-refractivity contribution in [2.24, 2.45) is 0 Å². The summed E-state index contributed by atoms with van der Waals surface area (Å²) in [6.45, 7) is 4.19. The van der Waals surface area contributed by atoms with Gasteiger partial charge in [0, 0.05) is 18.4 Å². The highest BCUT2D eigenvalue weighted by atomic mass is 16.5. The lowest BCUT2D eigenvalue weighted by molar-refractivity contribution is -0.135. The number of esters is 2. The summed E-state index contributed by atoms with van der Waals surface area (Å²) in [7, 11) is 2.71. The van der Waals surface area contributed by atoms with Crippen LogP contribution in [0.5, 0.6) is 0 Å². The predicted octanol–water partition coefficient (Wildman–Crippen LogP) is 3.26. The van der Waals surface area contributed by atoms with E-state index in [9.17, 15) is 9.59 Å². The number of carbonyl (C=O) groups excluding carboxylic acids is 2. The third kappa shape index (κ3) is 18.6. The standard InChI is InChI=1S/C9H14O2.C7H12O2/c1-3-4-5-6-7-8-9(10)11-2;1-3-4-5-6-7(8)9-2/h3-6H2,1-2H3;5-6H,3-4H2,1-2H3. The molecule has 0 spiro atoms. The number of allylic oxidation sites excluding steroid dienone is 1. The van der Waals surface area contributed by atoms with Gasteiger partial charge in [0.2, 0.25) is 0 Å². The molecule has 0 aliphatic heterocycles. The fraction of sp³-hybridized carbons (Fsp3) is 0.625. The van der Waals surface area contributed by atoms with Crippen LogP contribution in [0.4, 0.5) is 0 Å². The third-order valence-electron chi connectivity index (χ3n) is 2.19. The Morgan fingerprint density at radius 1 is 1.05 bits per heavy atom. The van der Waals surface area contributed by atoms with Crippen molar-refractivity contribution in [1.82, 2.24) is 0 Å². The molecule has 114 valence electrons. The van der Waals surface area contributed by atoms with Crippen LogP contribution in [0.2, 0.25) is 0 Å². The number of ether oxygens (including phenoxy) is 2. The second-order valence-corrected chi connectivity index (χ2v) is 3.96. The monoisotopic (exact) mass is 282 g/mol. The van der Waals surface area contributed by atoms with Crippen molar-refractivity contribution in [3.63, 3.8) is 0 Å². The molecule has 0 aromatic heterocycles. The van der Waals surface area contributed by atoms with Gasteiger partial charge in [-0.3, -0.25) is 0 Å². The molecule has 0 aromatic rings. The maximum absolute atomic E-state index is 10.4. The molecule has 20 heavy (non-hydrogen) atoms. The highest BCUT2D eigenvalue weighted by Crippen LogP contribution is 1.96. The average molecular weight is 282 g/mol. The van der Waals surface area contributed by atoms with Crippen LogP contribution in [0.3, 0.4) is 0 Å². The van der Waals surface area contributed by atoms with Crippen LogP contribution in [-0.2, 0) is 19.1 Å². The average Bonchev–Trinajstić information content (AvgIpc) is 2.47. The van der Waals surface area contributed by atoms with Gasteiger partial charge >= 0.3 is 11.9 Å². The molecule has 0 fully saturated rings. The van der Waals surface area contributed by atoms with E-state index in [2.05, 4.69) is 35.2 Å². The molecule has 0 rings (SSSR count). The Labute approximate surface area is 122 Å². The third-order valence-corrected chi connectivity index (χ3v) is 2.19. The highest BCUT2D eigenvalue weighted by molar-refractivity contribution is 5.88. The van der Waals surface area contributed by atoms with E-state index in [1.165, 1.54) is 33.1 Å². The van der Waals surface area contributed by atoms with E-state index in [4.69, 9.17) is 0 Å². The molecule has 0 heterocycles. The van der Waals surface area contributed by atoms with E-state index in [1.54, 1.807) is 0 Å². The summed E-state index contributed by atoms with van der Waals surface area (Å²) >= 11 is 0. The molecule has 0 aliphatic rings. The Kier molecular flexibility index (Phi) is 17.7. The van der Waals surface area contributed by atoms with Gasteiger partial charge in [-0.25, -0.2) is 9.59 Å². The van der Waals surface area contributed by atoms with Crippen LogP contribution in [0, 0.1) is 11.8 Å². The summed E-state index contributed by atoms with van der Waals surface area (Å²) in [5.74, 6) is 4.41. The minimum atomic E-state index is -0.443. The molecule has 0 saturated carbocycles. The largest absolute Gasteiger partial charge is 0.466 e. The number of hydrogen-bond acceptors (Lipinski definition) is 4. The quantitative estimate of drug-likeness (QED) is 0.247. The zero-order valence-corrected chi connectivity index (χ0v) is 13.0. The van der Waals surface area contributed by atoms with Gasteiger partial charge in [-0.1, -0.05) is 45.1 Å². The molecule has 0 bridgehead atoms. The van der Waals surface area contributed by atoms with Gasteiger partial charge in [-0.2, -0.15) is 0 Å². The molecular weight excluding hydrogens is 256 g/mol. The molecule has 0 unspecified atom stereocenters. The molecule has 0 aromatic carbocycles.